The number of methoxy groups -OCH3 is 1. The highest BCUT2D eigenvalue weighted by molar-refractivity contribution is 5.26. The van der Waals surface area contributed by atoms with Gasteiger partial charge in [-0.2, -0.15) is 0 Å². The molecule has 0 radical (unpaired) electrons. The fraction of sp³-hybridized carbons (Fsp3) is 0.571. The molecule has 0 bridgehead atoms. The third kappa shape index (κ3) is 4.86. The molecule has 1 rings (SSSR count). The van der Waals surface area contributed by atoms with Crippen molar-refractivity contribution >= 4 is 0 Å². The van der Waals surface area contributed by atoms with Crippen molar-refractivity contribution < 1.29 is 9.84 Å². The average molecular weight is 237 g/mol. The quantitative estimate of drug-likeness (QED) is 0.763. The van der Waals surface area contributed by atoms with Crippen molar-refractivity contribution in [1.82, 2.24) is 5.32 Å². The molecule has 0 saturated heterocycles. The van der Waals surface area contributed by atoms with Gasteiger partial charge in [0.05, 0.1) is 6.61 Å². The van der Waals surface area contributed by atoms with Crippen LogP contribution in [-0.4, -0.2) is 24.4 Å². The Morgan fingerprint density at radius 2 is 1.88 bits per heavy atom. The van der Waals surface area contributed by atoms with Gasteiger partial charge in [0, 0.05) is 25.8 Å². The van der Waals surface area contributed by atoms with E-state index in [1.54, 1.807) is 7.11 Å². The van der Waals surface area contributed by atoms with E-state index in [0.29, 0.717) is 6.61 Å². The number of hydrogen-bond acceptors (Lipinski definition) is 3. The second kappa shape index (κ2) is 6.74. The van der Waals surface area contributed by atoms with E-state index >= 15 is 0 Å². The lowest BCUT2D eigenvalue weighted by molar-refractivity contribution is 0.183. The van der Waals surface area contributed by atoms with Crippen LogP contribution in [0.1, 0.15) is 31.4 Å². The Morgan fingerprint density at radius 1 is 1.24 bits per heavy atom. The molecule has 0 amide bonds. The van der Waals surface area contributed by atoms with Gasteiger partial charge >= 0.3 is 0 Å². The summed E-state index contributed by atoms with van der Waals surface area (Å²) in [6.45, 7) is 5.84. The van der Waals surface area contributed by atoms with Crippen LogP contribution in [0.15, 0.2) is 24.3 Å². The highest BCUT2D eigenvalue weighted by Crippen LogP contribution is 2.13. The zero-order chi connectivity index (χ0) is 12.7. The smallest absolute Gasteiger partial charge is 0.0716 e. The average Bonchev–Trinajstić information content (AvgIpc) is 2.28. The van der Waals surface area contributed by atoms with Crippen molar-refractivity contribution in [2.75, 3.05) is 13.7 Å². The topological polar surface area (TPSA) is 41.5 Å². The normalized spacial score (nSPS) is 11.8. The minimum absolute atomic E-state index is 0.0467. The maximum atomic E-state index is 8.98. The van der Waals surface area contributed by atoms with Gasteiger partial charge in [0.1, 0.15) is 0 Å². The van der Waals surface area contributed by atoms with E-state index in [-0.39, 0.29) is 12.1 Å². The van der Waals surface area contributed by atoms with Gasteiger partial charge in [-0.05, 0) is 31.4 Å². The second-order valence-corrected chi connectivity index (χ2v) is 4.91. The predicted molar refractivity (Wildman–Crippen MR) is 69.8 cm³/mol. The van der Waals surface area contributed by atoms with E-state index < -0.39 is 0 Å². The van der Waals surface area contributed by atoms with E-state index in [2.05, 4.69) is 31.3 Å². The fourth-order valence-electron chi connectivity index (χ4n) is 1.73. The molecule has 0 aliphatic heterocycles. The number of hydrogen-bond donors (Lipinski definition) is 2. The molecule has 1 aromatic carbocycles. The zero-order valence-corrected chi connectivity index (χ0v) is 11.0. The van der Waals surface area contributed by atoms with Crippen molar-refractivity contribution in [3.63, 3.8) is 0 Å². The van der Waals surface area contributed by atoms with E-state index in [1.165, 1.54) is 11.1 Å². The number of aliphatic hydroxyl groups is 1. The minimum Gasteiger partial charge on any atom is -0.396 e. The van der Waals surface area contributed by atoms with Gasteiger partial charge in [-0.15, -0.1) is 0 Å². The second-order valence-electron chi connectivity index (χ2n) is 4.91. The summed E-state index contributed by atoms with van der Waals surface area (Å²) in [5.74, 6) is 0. The monoisotopic (exact) mass is 237 g/mol. The molecule has 2 N–H and O–H groups in total. The number of ether oxygens (including phenoxy) is 1. The minimum atomic E-state index is -0.0467. The van der Waals surface area contributed by atoms with Crippen LogP contribution in [0.5, 0.6) is 0 Å². The van der Waals surface area contributed by atoms with Crippen molar-refractivity contribution in [2.24, 2.45) is 0 Å². The van der Waals surface area contributed by atoms with Crippen LogP contribution < -0.4 is 5.32 Å². The van der Waals surface area contributed by atoms with Crippen LogP contribution in [0, 0.1) is 0 Å². The summed E-state index contributed by atoms with van der Waals surface area (Å²) in [5.41, 5.74) is 2.41. The molecule has 0 saturated carbocycles. The molecule has 96 valence electrons. The lowest BCUT2D eigenvalue weighted by Crippen LogP contribution is -2.39. The van der Waals surface area contributed by atoms with Gasteiger partial charge in [0.2, 0.25) is 0 Å². The first kappa shape index (κ1) is 14.2. The molecule has 3 nitrogen and oxygen atoms in total. The fourth-order valence-corrected chi connectivity index (χ4v) is 1.73. The first-order chi connectivity index (χ1) is 8.09. The van der Waals surface area contributed by atoms with Gasteiger partial charge in [-0.1, -0.05) is 24.3 Å². The first-order valence-corrected chi connectivity index (χ1v) is 6.00. The molecule has 0 atom stereocenters. The summed E-state index contributed by atoms with van der Waals surface area (Å²) in [4.78, 5) is 0. The highest BCUT2D eigenvalue weighted by atomic mass is 16.5. The molecule has 0 unspecified atom stereocenters. The molecule has 1 aromatic rings. The number of aliphatic hydroxyl groups excluding tert-OH is 1. The van der Waals surface area contributed by atoms with Crippen LogP contribution in [0.4, 0.5) is 0 Å². The first-order valence-electron chi connectivity index (χ1n) is 6.00. The summed E-state index contributed by atoms with van der Waals surface area (Å²) in [5, 5.41) is 12.4. The number of nitrogens with one attached hydrogen (secondary N) is 1. The number of benzene rings is 1. The Bertz CT molecular complexity index is 337. The maximum Gasteiger partial charge on any atom is 0.0716 e. The molecule has 0 heterocycles. The van der Waals surface area contributed by atoms with Crippen LogP contribution in [0.25, 0.3) is 0 Å². The van der Waals surface area contributed by atoms with Gasteiger partial charge in [-0.3, -0.25) is 0 Å². The lowest BCUT2D eigenvalue weighted by atomic mass is 10.00. The molecule has 0 aromatic heterocycles. The Labute approximate surface area is 104 Å². The summed E-state index contributed by atoms with van der Waals surface area (Å²) in [6, 6.07) is 8.25. The largest absolute Gasteiger partial charge is 0.396 e. The Hall–Kier alpha value is -0.900. The van der Waals surface area contributed by atoms with Crippen LogP contribution >= 0.6 is 0 Å². The maximum absolute atomic E-state index is 8.98. The molecule has 0 aliphatic rings. The molecular formula is C14H23NO2. The molecule has 0 aliphatic carbocycles. The third-order valence-corrected chi connectivity index (χ3v) is 2.91. The SMILES string of the molecule is COCc1ccccc1CNC(C)(C)CCO. The standard InChI is InChI=1S/C14H23NO2/c1-14(2,8-9-16)15-10-12-6-4-5-7-13(12)11-17-3/h4-7,15-16H,8-11H2,1-3H3. The van der Waals surface area contributed by atoms with E-state index in [1.807, 2.05) is 12.1 Å². The van der Waals surface area contributed by atoms with E-state index in [9.17, 15) is 0 Å². The van der Waals surface area contributed by atoms with Crippen LogP contribution in [0.2, 0.25) is 0 Å². The van der Waals surface area contributed by atoms with Crippen LogP contribution in [0.3, 0.4) is 0 Å². The van der Waals surface area contributed by atoms with Crippen molar-refractivity contribution in [2.45, 2.75) is 39.0 Å². The van der Waals surface area contributed by atoms with Crippen molar-refractivity contribution in [1.29, 1.82) is 0 Å². The molecule has 0 fully saturated rings. The third-order valence-electron chi connectivity index (χ3n) is 2.91. The van der Waals surface area contributed by atoms with E-state index in [0.717, 1.165) is 13.0 Å². The van der Waals surface area contributed by atoms with Crippen LogP contribution in [-0.2, 0) is 17.9 Å². The molecule has 0 spiro atoms. The summed E-state index contributed by atoms with van der Waals surface area (Å²) >= 11 is 0. The Morgan fingerprint density at radius 3 is 2.47 bits per heavy atom. The lowest BCUT2D eigenvalue weighted by Gasteiger charge is -2.26. The molecule has 17 heavy (non-hydrogen) atoms. The molecular weight excluding hydrogens is 214 g/mol. The van der Waals surface area contributed by atoms with Gasteiger partial charge < -0.3 is 15.2 Å². The van der Waals surface area contributed by atoms with Gasteiger partial charge in [0.25, 0.3) is 0 Å². The summed E-state index contributed by atoms with van der Waals surface area (Å²) in [7, 11) is 1.71. The predicted octanol–water partition coefficient (Wildman–Crippen LogP) is 2.08. The van der Waals surface area contributed by atoms with Gasteiger partial charge in [0.15, 0.2) is 0 Å². The van der Waals surface area contributed by atoms with Gasteiger partial charge in [-0.25, -0.2) is 0 Å². The van der Waals surface area contributed by atoms with Crippen molar-refractivity contribution in [3.8, 4) is 0 Å². The number of rotatable bonds is 7. The zero-order valence-electron chi connectivity index (χ0n) is 11.0. The van der Waals surface area contributed by atoms with Crippen molar-refractivity contribution in [3.05, 3.63) is 35.4 Å². The summed E-state index contributed by atoms with van der Waals surface area (Å²) < 4.78 is 5.18. The van der Waals surface area contributed by atoms with E-state index in [4.69, 9.17) is 9.84 Å². The Kier molecular flexibility index (Phi) is 5.62. The summed E-state index contributed by atoms with van der Waals surface area (Å²) in [6.07, 6.45) is 0.749. The highest BCUT2D eigenvalue weighted by Gasteiger charge is 2.16. The molecule has 3 heteroatoms. The Balaban J connectivity index is 2.62.